The Bertz CT molecular complexity index is 1020. The van der Waals surface area contributed by atoms with Crippen LogP contribution in [0.15, 0.2) is 48.6 Å². The molecule has 1 aliphatic carbocycles. The van der Waals surface area contributed by atoms with E-state index in [-0.39, 0.29) is 0 Å². The second-order valence-corrected chi connectivity index (χ2v) is 8.25. The third-order valence-electron chi connectivity index (χ3n) is 5.68. The van der Waals surface area contributed by atoms with Crippen LogP contribution < -0.4 is 9.47 Å². The van der Waals surface area contributed by atoms with Crippen LogP contribution in [-0.2, 0) is 22.4 Å². The first kappa shape index (κ1) is 21.8. The summed E-state index contributed by atoms with van der Waals surface area (Å²) in [6.45, 7) is 12.9. The number of esters is 2. The smallest absolute Gasteiger partial charge is 0.338 e. The number of benzene rings is 2. The predicted octanol–water partition coefficient (Wildman–Crippen LogP) is 6.10. The highest BCUT2D eigenvalue weighted by molar-refractivity contribution is 6.01. The van der Waals surface area contributed by atoms with Crippen molar-refractivity contribution < 1.29 is 19.1 Å². The SMILES string of the molecule is C=C(C)C(=O)Oc1c2c(c(OC(=O)C(=C)C)c3ccccc13)CC(CCCC)CC2. The molecule has 2 aromatic carbocycles. The van der Waals surface area contributed by atoms with Crippen LogP contribution in [0, 0.1) is 5.92 Å². The van der Waals surface area contributed by atoms with Crippen LogP contribution in [0.2, 0.25) is 0 Å². The molecule has 0 aliphatic heterocycles. The van der Waals surface area contributed by atoms with Crippen molar-refractivity contribution in [2.45, 2.75) is 59.3 Å². The third-order valence-corrected chi connectivity index (χ3v) is 5.68. The zero-order valence-electron chi connectivity index (χ0n) is 18.2. The number of rotatable bonds is 7. The number of unbranched alkanes of at least 4 members (excludes halogenated alkanes) is 1. The van der Waals surface area contributed by atoms with Crippen LogP contribution in [0.3, 0.4) is 0 Å². The minimum Gasteiger partial charge on any atom is -0.422 e. The van der Waals surface area contributed by atoms with Crippen molar-refractivity contribution in [2.75, 3.05) is 0 Å². The molecular weight excluding hydrogens is 376 g/mol. The maximum atomic E-state index is 12.4. The summed E-state index contributed by atoms with van der Waals surface area (Å²) in [5, 5.41) is 1.54. The van der Waals surface area contributed by atoms with Crippen LogP contribution in [-0.4, -0.2) is 11.9 Å². The predicted molar refractivity (Wildman–Crippen MR) is 120 cm³/mol. The second-order valence-electron chi connectivity index (χ2n) is 8.25. The molecule has 0 aromatic heterocycles. The Morgan fingerprint density at radius 1 is 0.967 bits per heavy atom. The van der Waals surface area contributed by atoms with E-state index in [4.69, 9.17) is 9.47 Å². The van der Waals surface area contributed by atoms with Gasteiger partial charge in [0.2, 0.25) is 0 Å². The molecule has 0 saturated heterocycles. The Labute approximate surface area is 178 Å². The van der Waals surface area contributed by atoms with Gasteiger partial charge in [0.05, 0.1) is 0 Å². The number of fused-ring (bicyclic) bond motifs is 2. The summed E-state index contributed by atoms with van der Waals surface area (Å²) in [6.07, 6.45) is 6.07. The summed E-state index contributed by atoms with van der Waals surface area (Å²) in [5.41, 5.74) is 2.63. The summed E-state index contributed by atoms with van der Waals surface area (Å²) in [5.74, 6) is 0.778. The zero-order chi connectivity index (χ0) is 21.8. The monoisotopic (exact) mass is 406 g/mol. The number of carbonyl (C=O) groups is 2. The first-order chi connectivity index (χ1) is 14.3. The van der Waals surface area contributed by atoms with Gasteiger partial charge in [0.25, 0.3) is 0 Å². The van der Waals surface area contributed by atoms with Crippen molar-refractivity contribution in [3.8, 4) is 11.5 Å². The van der Waals surface area contributed by atoms with Gasteiger partial charge in [-0.3, -0.25) is 0 Å². The fraction of sp³-hybridized carbons (Fsp3) is 0.385. The van der Waals surface area contributed by atoms with Crippen molar-refractivity contribution in [1.29, 1.82) is 0 Å². The molecular formula is C26H30O4. The third kappa shape index (κ3) is 4.48. The molecule has 158 valence electrons. The first-order valence-corrected chi connectivity index (χ1v) is 10.6. The molecule has 0 radical (unpaired) electrons. The molecule has 4 nitrogen and oxygen atoms in total. The lowest BCUT2D eigenvalue weighted by molar-refractivity contribution is -0.131. The van der Waals surface area contributed by atoms with E-state index < -0.39 is 11.9 Å². The average molecular weight is 407 g/mol. The number of hydrogen-bond donors (Lipinski definition) is 0. The van der Waals surface area contributed by atoms with Crippen LogP contribution in [0.4, 0.5) is 0 Å². The molecule has 0 bridgehead atoms. The molecule has 30 heavy (non-hydrogen) atoms. The molecule has 1 unspecified atom stereocenters. The molecule has 2 aromatic rings. The van der Waals surface area contributed by atoms with E-state index in [1.54, 1.807) is 13.8 Å². The lowest BCUT2D eigenvalue weighted by Crippen LogP contribution is -2.20. The Balaban J connectivity index is 2.20. The Hall–Kier alpha value is -2.88. The van der Waals surface area contributed by atoms with Crippen molar-refractivity contribution in [2.24, 2.45) is 5.92 Å². The second kappa shape index (κ2) is 9.29. The van der Waals surface area contributed by atoms with E-state index in [0.29, 0.717) is 28.6 Å². The van der Waals surface area contributed by atoms with E-state index in [2.05, 4.69) is 20.1 Å². The van der Waals surface area contributed by atoms with Gasteiger partial charge in [0, 0.05) is 33.0 Å². The highest BCUT2D eigenvalue weighted by Crippen LogP contribution is 2.46. The van der Waals surface area contributed by atoms with E-state index in [1.165, 1.54) is 6.42 Å². The van der Waals surface area contributed by atoms with Gasteiger partial charge in [0.1, 0.15) is 11.5 Å². The summed E-state index contributed by atoms with van der Waals surface area (Å²) >= 11 is 0. The Kier molecular flexibility index (Phi) is 6.76. The minimum absolute atomic E-state index is 0.349. The van der Waals surface area contributed by atoms with Crippen LogP contribution in [0.1, 0.15) is 57.6 Å². The van der Waals surface area contributed by atoms with Crippen molar-refractivity contribution in [3.05, 3.63) is 59.7 Å². The van der Waals surface area contributed by atoms with Crippen molar-refractivity contribution in [1.82, 2.24) is 0 Å². The van der Waals surface area contributed by atoms with E-state index in [0.717, 1.165) is 54.0 Å². The van der Waals surface area contributed by atoms with E-state index in [9.17, 15) is 9.59 Å². The molecule has 1 aliphatic rings. The molecule has 3 rings (SSSR count). The van der Waals surface area contributed by atoms with E-state index in [1.807, 2.05) is 24.3 Å². The lowest BCUT2D eigenvalue weighted by atomic mass is 9.79. The molecule has 1 atom stereocenters. The molecule has 0 fully saturated rings. The number of carbonyl (C=O) groups excluding carboxylic acids is 2. The highest BCUT2D eigenvalue weighted by atomic mass is 16.5. The fourth-order valence-electron chi connectivity index (χ4n) is 4.03. The number of hydrogen-bond acceptors (Lipinski definition) is 4. The number of ether oxygens (including phenoxy) is 2. The quantitative estimate of drug-likeness (QED) is 0.317. The van der Waals surface area contributed by atoms with Crippen LogP contribution in [0.25, 0.3) is 10.8 Å². The summed E-state index contributed by atoms with van der Waals surface area (Å²) in [4.78, 5) is 24.8. The van der Waals surface area contributed by atoms with Crippen molar-refractivity contribution in [3.63, 3.8) is 0 Å². The maximum Gasteiger partial charge on any atom is 0.338 e. The molecule has 0 spiro atoms. The maximum absolute atomic E-state index is 12.4. The standard InChI is InChI=1S/C26H30O4/c1-6-7-10-18-13-14-21-22(15-18)24(30-26(28)17(4)5)20-12-9-8-11-19(20)23(21)29-25(27)16(2)3/h8-9,11-12,18H,2,4,6-7,10,13-15H2,1,3,5H3. The summed E-state index contributed by atoms with van der Waals surface area (Å²) in [6, 6.07) is 7.60. The molecule has 0 amide bonds. The van der Waals surface area contributed by atoms with Gasteiger partial charge in [-0.1, -0.05) is 63.6 Å². The van der Waals surface area contributed by atoms with Gasteiger partial charge in [0.15, 0.2) is 0 Å². The van der Waals surface area contributed by atoms with Crippen molar-refractivity contribution >= 4 is 22.7 Å². The summed E-state index contributed by atoms with van der Waals surface area (Å²) in [7, 11) is 0. The van der Waals surface area contributed by atoms with Gasteiger partial charge >= 0.3 is 11.9 Å². The Morgan fingerprint density at radius 2 is 1.50 bits per heavy atom. The van der Waals surface area contributed by atoms with Gasteiger partial charge in [-0.05, 0) is 39.0 Å². The zero-order valence-corrected chi connectivity index (χ0v) is 18.2. The fourth-order valence-corrected chi connectivity index (χ4v) is 4.03. The largest absolute Gasteiger partial charge is 0.422 e. The normalized spacial score (nSPS) is 15.4. The van der Waals surface area contributed by atoms with Gasteiger partial charge in [-0.15, -0.1) is 0 Å². The minimum atomic E-state index is -0.442. The van der Waals surface area contributed by atoms with Crippen LogP contribution >= 0.6 is 0 Å². The average Bonchev–Trinajstić information content (AvgIpc) is 2.73. The van der Waals surface area contributed by atoms with E-state index >= 15 is 0 Å². The van der Waals surface area contributed by atoms with Gasteiger partial charge in [-0.25, -0.2) is 9.59 Å². The molecule has 0 heterocycles. The first-order valence-electron chi connectivity index (χ1n) is 10.6. The molecule has 4 heteroatoms. The lowest BCUT2D eigenvalue weighted by Gasteiger charge is -2.29. The molecule has 0 N–H and O–H groups in total. The molecule has 0 saturated carbocycles. The van der Waals surface area contributed by atoms with Crippen LogP contribution in [0.5, 0.6) is 11.5 Å². The topological polar surface area (TPSA) is 52.6 Å². The Morgan fingerprint density at radius 3 is 2.00 bits per heavy atom. The van der Waals surface area contributed by atoms with Gasteiger partial charge in [-0.2, -0.15) is 0 Å². The summed E-state index contributed by atoms with van der Waals surface area (Å²) < 4.78 is 11.7. The highest BCUT2D eigenvalue weighted by Gasteiger charge is 2.29. The van der Waals surface area contributed by atoms with Gasteiger partial charge < -0.3 is 9.47 Å².